The van der Waals surface area contributed by atoms with E-state index in [2.05, 4.69) is 20.9 Å². The van der Waals surface area contributed by atoms with Crippen LogP contribution in [0.2, 0.25) is 0 Å². The van der Waals surface area contributed by atoms with Gasteiger partial charge in [0, 0.05) is 12.1 Å². The van der Waals surface area contributed by atoms with Crippen LogP contribution in [-0.4, -0.2) is 29.4 Å². The summed E-state index contributed by atoms with van der Waals surface area (Å²) in [4.78, 5) is 28.2. The van der Waals surface area contributed by atoms with Crippen LogP contribution in [-0.2, 0) is 9.59 Å². The Kier molecular flexibility index (Phi) is 4.88. The van der Waals surface area contributed by atoms with Gasteiger partial charge in [-0.15, -0.1) is 0 Å². The van der Waals surface area contributed by atoms with Crippen LogP contribution >= 0.6 is 11.3 Å². The van der Waals surface area contributed by atoms with E-state index in [1.807, 2.05) is 25.1 Å². The van der Waals surface area contributed by atoms with Gasteiger partial charge in [-0.1, -0.05) is 18.3 Å². The van der Waals surface area contributed by atoms with Crippen molar-refractivity contribution in [2.45, 2.75) is 38.6 Å². The van der Waals surface area contributed by atoms with Gasteiger partial charge in [0.15, 0.2) is 5.13 Å². The fourth-order valence-electron chi connectivity index (χ4n) is 2.60. The minimum Gasteiger partial charge on any atom is -0.325 e. The van der Waals surface area contributed by atoms with Crippen LogP contribution < -0.4 is 16.0 Å². The van der Waals surface area contributed by atoms with Crippen molar-refractivity contribution in [3.05, 3.63) is 18.2 Å². The molecule has 1 aromatic heterocycles. The fraction of sp³-hybridized carbons (Fsp3) is 0.438. The summed E-state index contributed by atoms with van der Waals surface area (Å²) in [5.74, 6) is -0.0183. The van der Waals surface area contributed by atoms with Crippen LogP contribution in [0.15, 0.2) is 18.2 Å². The first kappa shape index (κ1) is 15.9. The Labute approximate surface area is 138 Å². The number of nitrogens with zero attached hydrogens (tertiary/aromatic N) is 1. The molecular weight excluding hydrogens is 312 g/mol. The number of hydrogen-bond acceptors (Lipinski definition) is 5. The molecule has 0 bridgehead atoms. The first-order valence-corrected chi connectivity index (χ1v) is 8.72. The van der Waals surface area contributed by atoms with Gasteiger partial charge >= 0.3 is 0 Å². The molecule has 3 N–H and O–H groups in total. The average molecular weight is 332 g/mol. The van der Waals surface area contributed by atoms with Gasteiger partial charge in [0.1, 0.15) is 0 Å². The maximum atomic E-state index is 12.1. The topological polar surface area (TPSA) is 83.1 Å². The molecule has 1 aromatic carbocycles. The molecule has 7 heteroatoms. The number of anilines is 2. The number of benzene rings is 1. The van der Waals surface area contributed by atoms with Gasteiger partial charge in [-0.25, -0.2) is 4.98 Å². The smallest absolute Gasteiger partial charge is 0.241 e. The normalized spacial score (nSPS) is 17.3. The van der Waals surface area contributed by atoms with Crippen LogP contribution in [0.5, 0.6) is 0 Å². The highest BCUT2D eigenvalue weighted by molar-refractivity contribution is 7.22. The Morgan fingerprint density at radius 2 is 2.26 bits per heavy atom. The molecular formula is C16H20N4O2S. The number of carbonyl (C=O) groups excluding carboxylic acids is 2. The number of aromatic nitrogens is 1. The third kappa shape index (κ3) is 3.86. The third-order valence-corrected chi connectivity index (χ3v) is 4.69. The van der Waals surface area contributed by atoms with Gasteiger partial charge in [-0.2, -0.15) is 0 Å². The molecule has 2 aromatic rings. The fourth-order valence-corrected chi connectivity index (χ4v) is 3.52. The number of hydrogen-bond donors (Lipinski definition) is 3. The monoisotopic (exact) mass is 332 g/mol. The standard InChI is InChI=1S/C16H20N4O2S/c1-2-4-14(21)20-16-19-11-7-6-10(9-13(11)23-16)18-15(22)12-5-3-8-17-12/h6-7,9,12,17H,2-5,8H2,1H3,(H,18,22)(H,19,20,21). The predicted octanol–water partition coefficient (Wildman–Crippen LogP) is 2.73. The number of fused-ring (bicyclic) bond motifs is 1. The zero-order valence-corrected chi connectivity index (χ0v) is 13.8. The van der Waals surface area contributed by atoms with E-state index in [0.29, 0.717) is 11.6 Å². The molecule has 3 rings (SSSR count). The van der Waals surface area contributed by atoms with Gasteiger partial charge in [0.05, 0.1) is 16.3 Å². The van der Waals surface area contributed by atoms with Crippen LogP contribution in [0.3, 0.4) is 0 Å². The van der Waals surface area contributed by atoms with Crippen LogP contribution in [0.25, 0.3) is 10.2 Å². The van der Waals surface area contributed by atoms with Gasteiger partial charge in [0.2, 0.25) is 11.8 Å². The van der Waals surface area contributed by atoms with Gasteiger partial charge in [-0.05, 0) is 44.0 Å². The molecule has 6 nitrogen and oxygen atoms in total. The summed E-state index contributed by atoms with van der Waals surface area (Å²) in [6.45, 7) is 2.86. The largest absolute Gasteiger partial charge is 0.325 e. The highest BCUT2D eigenvalue weighted by Crippen LogP contribution is 2.28. The molecule has 2 amide bonds. The molecule has 2 heterocycles. The van der Waals surface area contributed by atoms with Crippen molar-refractivity contribution in [1.29, 1.82) is 0 Å². The van der Waals surface area contributed by atoms with E-state index in [0.717, 1.165) is 41.7 Å². The number of amides is 2. The van der Waals surface area contributed by atoms with E-state index < -0.39 is 0 Å². The highest BCUT2D eigenvalue weighted by Gasteiger charge is 2.22. The van der Waals surface area contributed by atoms with E-state index >= 15 is 0 Å². The Hall–Kier alpha value is -1.99. The van der Waals surface area contributed by atoms with E-state index in [1.54, 1.807) is 0 Å². The number of carbonyl (C=O) groups is 2. The molecule has 122 valence electrons. The third-order valence-electron chi connectivity index (χ3n) is 3.76. The van der Waals surface area contributed by atoms with Crippen LogP contribution in [0.4, 0.5) is 10.8 Å². The molecule has 1 fully saturated rings. The first-order chi connectivity index (χ1) is 11.2. The van der Waals surface area contributed by atoms with E-state index in [4.69, 9.17) is 0 Å². The van der Waals surface area contributed by atoms with E-state index in [-0.39, 0.29) is 17.9 Å². The molecule has 1 atom stereocenters. The molecule has 0 spiro atoms. The summed E-state index contributed by atoms with van der Waals surface area (Å²) in [5, 5.41) is 9.52. The van der Waals surface area contributed by atoms with Gasteiger partial charge < -0.3 is 16.0 Å². The summed E-state index contributed by atoms with van der Waals surface area (Å²) in [7, 11) is 0. The lowest BCUT2D eigenvalue weighted by atomic mass is 10.2. The van der Waals surface area contributed by atoms with Crippen molar-refractivity contribution >= 4 is 44.2 Å². The van der Waals surface area contributed by atoms with Crippen molar-refractivity contribution in [3.63, 3.8) is 0 Å². The van der Waals surface area contributed by atoms with E-state index in [9.17, 15) is 9.59 Å². The second kappa shape index (κ2) is 7.06. The maximum Gasteiger partial charge on any atom is 0.241 e. The number of thiazole rings is 1. The summed E-state index contributed by atoms with van der Waals surface area (Å²) in [5.41, 5.74) is 1.57. The second-order valence-electron chi connectivity index (χ2n) is 5.64. The highest BCUT2D eigenvalue weighted by atomic mass is 32.1. The average Bonchev–Trinajstić information content (AvgIpc) is 3.15. The quantitative estimate of drug-likeness (QED) is 0.786. The molecule has 1 aliphatic heterocycles. The molecule has 1 aliphatic rings. The van der Waals surface area contributed by atoms with Crippen molar-refractivity contribution < 1.29 is 9.59 Å². The van der Waals surface area contributed by atoms with E-state index in [1.165, 1.54) is 11.3 Å². The Morgan fingerprint density at radius 3 is 3.00 bits per heavy atom. The van der Waals surface area contributed by atoms with Gasteiger partial charge in [0.25, 0.3) is 0 Å². The lowest BCUT2D eigenvalue weighted by molar-refractivity contribution is -0.118. The summed E-state index contributed by atoms with van der Waals surface area (Å²) in [6.07, 6.45) is 3.21. The minimum absolute atomic E-state index is 0.00263. The summed E-state index contributed by atoms with van der Waals surface area (Å²) in [6, 6.07) is 5.50. The molecule has 23 heavy (non-hydrogen) atoms. The second-order valence-corrected chi connectivity index (χ2v) is 6.67. The molecule has 0 saturated carbocycles. The van der Waals surface area contributed by atoms with Crippen molar-refractivity contribution in [1.82, 2.24) is 10.3 Å². The Balaban J connectivity index is 1.71. The van der Waals surface area contributed by atoms with Crippen molar-refractivity contribution in [2.24, 2.45) is 0 Å². The zero-order chi connectivity index (χ0) is 16.2. The first-order valence-electron chi connectivity index (χ1n) is 7.90. The zero-order valence-electron chi connectivity index (χ0n) is 13.0. The summed E-state index contributed by atoms with van der Waals surface area (Å²) < 4.78 is 0.939. The minimum atomic E-state index is -0.101. The Bertz CT molecular complexity index is 722. The lowest BCUT2D eigenvalue weighted by Gasteiger charge is -2.10. The summed E-state index contributed by atoms with van der Waals surface area (Å²) >= 11 is 1.41. The van der Waals surface area contributed by atoms with Crippen molar-refractivity contribution in [2.75, 3.05) is 17.2 Å². The molecule has 0 radical (unpaired) electrons. The number of nitrogens with one attached hydrogen (secondary N) is 3. The van der Waals surface area contributed by atoms with Crippen LogP contribution in [0.1, 0.15) is 32.6 Å². The predicted molar refractivity (Wildman–Crippen MR) is 92.8 cm³/mol. The molecule has 0 aliphatic carbocycles. The van der Waals surface area contributed by atoms with Gasteiger partial charge in [-0.3, -0.25) is 9.59 Å². The maximum absolute atomic E-state index is 12.1. The molecule has 1 unspecified atom stereocenters. The van der Waals surface area contributed by atoms with Crippen molar-refractivity contribution in [3.8, 4) is 0 Å². The number of rotatable bonds is 5. The SMILES string of the molecule is CCCC(=O)Nc1nc2ccc(NC(=O)C3CCCN3)cc2s1. The lowest BCUT2D eigenvalue weighted by Crippen LogP contribution is -2.35. The Morgan fingerprint density at radius 1 is 1.39 bits per heavy atom. The molecule has 1 saturated heterocycles. The van der Waals surface area contributed by atoms with Crippen LogP contribution in [0, 0.1) is 0 Å².